The zero-order valence-corrected chi connectivity index (χ0v) is 11.6. The van der Waals surface area contributed by atoms with Crippen LogP contribution in [0.2, 0.25) is 0 Å². The molecular formula is C11H13N3O6S. The molecule has 1 atom stereocenters. The van der Waals surface area contributed by atoms with Crippen molar-refractivity contribution in [3.63, 3.8) is 0 Å². The Labute approximate surface area is 120 Å². The van der Waals surface area contributed by atoms with Crippen LogP contribution < -0.4 is 5.73 Å². The number of para-hydroxylation sites is 1. The van der Waals surface area contributed by atoms with Gasteiger partial charge in [-0.15, -0.1) is 0 Å². The molecule has 0 spiro atoms. The third kappa shape index (κ3) is 2.60. The van der Waals surface area contributed by atoms with E-state index in [-0.39, 0.29) is 13.0 Å². The second-order valence-corrected chi connectivity index (χ2v) is 6.68. The average molecular weight is 315 g/mol. The number of nitrogens with two attached hydrogens (primary N) is 1. The fourth-order valence-corrected chi connectivity index (χ4v) is 3.81. The van der Waals surface area contributed by atoms with Crippen molar-refractivity contribution in [3.05, 3.63) is 34.4 Å². The minimum atomic E-state index is -4.17. The molecule has 0 saturated carbocycles. The van der Waals surface area contributed by atoms with E-state index < -0.39 is 43.6 Å². The number of hydrogen-bond acceptors (Lipinski definition) is 6. The molecule has 1 heterocycles. The van der Waals surface area contributed by atoms with Gasteiger partial charge in [0.25, 0.3) is 5.69 Å². The summed E-state index contributed by atoms with van der Waals surface area (Å²) in [4.78, 5) is 20.7. The molecule has 1 aromatic rings. The first-order valence-corrected chi connectivity index (χ1v) is 7.38. The molecule has 1 aliphatic rings. The maximum atomic E-state index is 12.4. The van der Waals surface area contributed by atoms with E-state index >= 15 is 0 Å². The van der Waals surface area contributed by atoms with Crippen molar-refractivity contribution in [2.75, 3.05) is 13.1 Å². The van der Waals surface area contributed by atoms with Gasteiger partial charge < -0.3 is 10.8 Å². The Morgan fingerprint density at radius 3 is 2.57 bits per heavy atom. The largest absolute Gasteiger partial charge is 0.480 e. The molecule has 1 fully saturated rings. The summed E-state index contributed by atoms with van der Waals surface area (Å²) in [5.74, 6) is -1.30. The predicted octanol–water partition coefficient (Wildman–Crippen LogP) is -0.229. The second-order valence-electron chi connectivity index (χ2n) is 4.77. The maximum Gasteiger partial charge on any atom is 0.325 e. The van der Waals surface area contributed by atoms with Gasteiger partial charge in [0.2, 0.25) is 10.0 Å². The number of carboxylic acids is 1. The molecule has 1 aliphatic heterocycles. The van der Waals surface area contributed by atoms with Crippen molar-refractivity contribution < 1.29 is 23.2 Å². The van der Waals surface area contributed by atoms with Gasteiger partial charge in [-0.25, -0.2) is 8.42 Å². The first-order valence-electron chi connectivity index (χ1n) is 5.94. The van der Waals surface area contributed by atoms with Gasteiger partial charge in [0.05, 0.1) is 4.92 Å². The number of aliphatic carboxylic acids is 1. The Morgan fingerprint density at radius 1 is 1.43 bits per heavy atom. The molecular weight excluding hydrogens is 302 g/mol. The number of rotatable bonds is 4. The van der Waals surface area contributed by atoms with Crippen LogP contribution in [-0.2, 0) is 14.8 Å². The number of carboxylic acid groups (broad SMARTS) is 1. The standard InChI is InChI=1S/C11H13N3O6S/c12-11(10(15)16)5-6-13(7-11)21(19,20)9-4-2-1-3-8(9)14(17)18/h1-4H,5-7,12H2,(H,15,16). The van der Waals surface area contributed by atoms with Crippen LogP contribution >= 0.6 is 0 Å². The first kappa shape index (κ1) is 15.4. The van der Waals surface area contributed by atoms with Gasteiger partial charge in [0.1, 0.15) is 5.54 Å². The molecule has 3 N–H and O–H groups in total. The summed E-state index contributed by atoms with van der Waals surface area (Å²) < 4.78 is 25.8. The Hall–Kier alpha value is -2.04. The topological polar surface area (TPSA) is 144 Å². The zero-order chi connectivity index (χ0) is 15.8. The van der Waals surface area contributed by atoms with Crippen molar-refractivity contribution in [2.24, 2.45) is 5.73 Å². The number of hydrogen-bond donors (Lipinski definition) is 2. The minimum absolute atomic E-state index is 0.0534. The number of nitro groups is 1. The molecule has 114 valence electrons. The fraction of sp³-hybridized carbons (Fsp3) is 0.364. The van der Waals surface area contributed by atoms with E-state index in [0.717, 1.165) is 16.4 Å². The first-order chi connectivity index (χ1) is 9.68. The summed E-state index contributed by atoms with van der Waals surface area (Å²) in [6, 6.07) is 4.91. The highest BCUT2D eigenvalue weighted by atomic mass is 32.2. The Bertz CT molecular complexity index is 704. The predicted molar refractivity (Wildman–Crippen MR) is 71.0 cm³/mol. The Kier molecular flexibility index (Phi) is 3.70. The van der Waals surface area contributed by atoms with Crippen LogP contribution in [0, 0.1) is 10.1 Å². The quantitative estimate of drug-likeness (QED) is 0.576. The van der Waals surface area contributed by atoms with Gasteiger partial charge in [-0.05, 0) is 12.5 Å². The van der Waals surface area contributed by atoms with Crippen LogP contribution in [0.3, 0.4) is 0 Å². The van der Waals surface area contributed by atoms with E-state index in [4.69, 9.17) is 10.8 Å². The van der Waals surface area contributed by atoms with Crippen LogP contribution in [0.15, 0.2) is 29.2 Å². The van der Waals surface area contributed by atoms with Gasteiger partial charge >= 0.3 is 5.97 Å². The monoisotopic (exact) mass is 315 g/mol. The van der Waals surface area contributed by atoms with Crippen molar-refractivity contribution in [2.45, 2.75) is 16.9 Å². The molecule has 1 aromatic carbocycles. The summed E-state index contributed by atoms with van der Waals surface area (Å²) in [7, 11) is -4.17. The molecule has 0 aromatic heterocycles. The number of nitro benzene ring substituents is 1. The Morgan fingerprint density at radius 2 is 2.05 bits per heavy atom. The summed E-state index contributed by atoms with van der Waals surface area (Å²) >= 11 is 0. The molecule has 21 heavy (non-hydrogen) atoms. The number of carbonyl (C=O) groups is 1. The average Bonchev–Trinajstić information content (AvgIpc) is 2.83. The highest BCUT2D eigenvalue weighted by Crippen LogP contribution is 2.30. The van der Waals surface area contributed by atoms with Crippen LogP contribution in [0.5, 0.6) is 0 Å². The maximum absolute atomic E-state index is 12.4. The second kappa shape index (κ2) is 5.06. The highest BCUT2D eigenvalue weighted by Gasteiger charge is 2.46. The lowest BCUT2D eigenvalue weighted by Gasteiger charge is -2.19. The molecule has 9 nitrogen and oxygen atoms in total. The molecule has 0 amide bonds. The van der Waals surface area contributed by atoms with E-state index in [2.05, 4.69) is 0 Å². The van der Waals surface area contributed by atoms with Crippen LogP contribution in [0.1, 0.15) is 6.42 Å². The molecule has 2 rings (SSSR count). The third-order valence-corrected chi connectivity index (χ3v) is 5.26. The van der Waals surface area contributed by atoms with E-state index in [1.807, 2.05) is 0 Å². The number of nitrogens with zero attached hydrogens (tertiary/aromatic N) is 2. The lowest BCUT2D eigenvalue weighted by molar-refractivity contribution is -0.387. The van der Waals surface area contributed by atoms with Crippen molar-refractivity contribution in [3.8, 4) is 0 Å². The Balaban J connectivity index is 2.41. The van der Waals surface area contributed by atoms with Crippen molar-refractivity contribution in [1.82, 2.24) is 4.31 Å². The zero-order valence-electron chi connectivity index (χ0n) is 10.8. The lowest BCUT2D eigenvalue weighted by Crippen LogP contribution is -2.50. The van der Waals surface area contributed by atoms with Gasteiger partial charge in [0, 0.05) is 19.2 Å². The van der Waals surface area contributed by atoms with Crippen LogP contribution in [0.25, 0.3) is 0 Å². The summed E-state index contributed by atoms with van der Waals surface area (Å²) in [6.45, 7) is -0.520. The van der Waals surface area contributed by atoms with Gasteiger partial charge in [-0.3, -0.25) is 14.9 Å². The minimum Gasteiger partial charge on any atom is -0.480 e. The number of sulfonamides is 1. The van der Waals surface area contributed by atoms with E-state index in [1.165, 1.54) is 12.1 Å². The van der Waals surface area contributed by atoms with Gasteiger partial charge in [-0.2, -0.15) is 4.31 Å². The van der Waals surface area contributed by atoms with Crippen LogP contribution in [0.4, 0.5) is 5.69 Å². The SMILES string of the molecule is NC1(C(=O)O)CCN(S(=O)(=O)c2ccccc2[N+](=O)[O-])C1. The summed E-state index contributed by atoms with van der Waals surface area (Å²) in [5.41, 5.74) is 3.40. The molecule has 1 unspecified atom stereocenters. The summed E-state index contributed by atoms with van der Waals surface area (Å²) in [5, 5.41) is 19.9. The fourth-order valence-electron chi connectivity index (χ4n) is 2.14. The van der Waals surface area contributed by atoms with Crippen molar-refractivity contribution in [1.29, 1.82) is 0 Å². The normalized spacial score (nSPS) is 23.1. The molecule has 0 aliphatic carbocycles. The highest BCUT2D eigenvalue weighted by molar-refractivity contribution is 7.89. The molecule has 10 heteroatoms. The van der Waals surface area contributed by atoms with E-state index in [1.54, 1.807) is 0 Å². The molecule has 1 saturated heterocycles. The van der Waals surface area contributed by atoms with Crippen molar-refractivity contribution >= 4 is 21.7 Å². The van der Waals surface area contributed by atoms with E-state index in [0.29, 0.717) is 0 Å². The third-order valence-electron chi connectivity index (χ3n) is 3.37. The lowest BCUT2D eigenvalue weighted by atomic mass is 10.0. The smallest absolute Gasteiger partial charge is 0.325 e. The van der Waals surface area contributed by atoms with Gasteiger partial charge in [-0.1, -0.05) is 12.1 Å². The number of benzene rings is 1. The van der Waals surface area contributed by atoms with E-state index in [9.17, 15) is 23.3 Å². The molecule has 0 bridgehead atoms. The summed E-state index contributed by atoms with van der Waals surface area (Å²) in [6.07, 6.45) is -0.0534. The van der Waals surface area contributed by atoms with Crippen LogP contribution in [-0.4, -0.2) is 47.4 Å². The molecule has 0 radical (unpaired) electrons. The van der Waals surface area contributed by atoms with Gasteiger partial charge in [0.15, 0.2) is 4.90 Å².